The van der Waals surface area contributed by atoms with Crippen LogP contribution in [0.3, 0.4) is 0 Å². The number of nitrogens with one attached hydrogen (secondary N) is 2. The highest BCUT2D eigenvalue weighted by molar-refractivity contribution is 8.02. The summed E-state index contributed by atoms with van der Waals surface area (Å²) in [5.41, 5.74) is 1.79. The van der Waals surface area contributed by atoms with E-state index in [2.05, 4.69) is 20.8 Å². The second kappa shape index (κ2) is 10.1. The average molecular weight is 495 g/mol. The second-order valence-electron chi connectivity index (χ2n) is 7.38. The number of hydrogen-bond donors (Lipinski definition) is 2. The summed E-state index contributed by atoms with van der Waals surface area (Å²) in [6.07, 6.45) is 0. The van der Waals surface area contributed by atoms with Crippen LogP contribution in [0.25, 0.3) is 5.69 Å². The van der Waals surface area contributed by atoms with Crippen molar-refractivity contribution in [1.82, 2.24) is 19.6 Å². The SMILES string of the molecule is Cc1c(NC(=O)C(C)Sc2nnc(NC(=O)c3ccccc3)s2)c(=O)n(-c2ccccc2)n1C. The molecule has 4 rings (SSSR count). The molecule has 0 fully saturated rings. The standard InChI is InChI=1S/C23H22N6O3S2/c1-14-18(21(32)29(28(14)3)17-12-8-5-9-13-17)24-19(30)15(2)33-23-27-26-22(34-23)25-20(31)16-10-6-4-7-11-16/h4-13,15H,1-3H3,(H,24,30)(H,25,26,31). The van der Waals surface area contributed by atoms with E-state index < -0.39 is 5.25 Å². The van der Waals surface area contributed by atoms with Crippen LogP contribution in [-0.4, -0.2) is 36.6 Å². The zero-order chi connectivity index (χ0) is 24.2. The average Bonchev–Trinajstić information content (AvgIpc) is 3.37. The van der Waals surface area contributed by atoms with Crippen molar-refractivity contribution < 1.29 is 9.59 Å². The van der Waals surface area contributed by atoms with E-state index >= 15 is 0 Å². The van der Waals surface area contributed by atoms with Crippen molar-refractivity contribution in [1.29, 1.82) is 0 Å². The Balaban J connectivity index is 1.43. The van der Waals surface area contributed by atoms with Crippen molar-refractivity contribution in [2.24, 2.45) is 7.05 Å². The number of benzene rings is 2. The number of thioether (sulfide) groups is 1. The van der Waals surface area contributed by atoms with Gasteiger partial charge in [-0.1, -0.05) is 59.5 Å². The fourth-order valence-electron chi connectivity index (χ4n) is 3.21. The van der Waals surface area contributed by atoms with Crippen molar-refractivity contribution in [3.05, 3.63) is 82.3 Å². The molecule has 0 radical (unpaired) electrons. The van der Waals surface area contributed by atoms with E-state index in [4.69, 9.17) is 0 Å². The minimum absolute atomic E-state index is 0.233. The molecule has 0 aliphatic rings. The van der Waals surface area contributed by atoms with Crippen molar-refractivity contribution in [3.8, 4) is 5.69 Å². The highest BCUT2D eigenvalue weighted by atomic mass is 32.2. The molecule has 1 atom stereocenters. The van der Waals surface area contributed by atoms with Crippen LogP contribution in [0, 0.1) is 6.92 Å². The molecule has 174 valence electrons. The molecular formula is C23H22N6O3S2. The smallest absolute Gasteiger partial charge is 0.295 e. The summed E-state index contributed by atoms with van der Waals surface area (Å²) in [4.78, 5) is 38.1. The number of hydrogen-bond acceptors (Lipinski definition) is 7. The molecule has 2 aromatic carbocycles. The number of anilines is 2. The Hall–Kier alpha value is -3.70. The monoisotopic (exact) mass is 494 g/mol. The Morgan fingerprint density at radius 3 is 2.32 bits per heavy atom. The van der Waals surface area contributed by atoms with E-state index in [-0.39, 0.29) is 23.1 Å². The molecule has 2 amide bonds. The molecule has 9 nitrogen and oxygen atoms in total. The minimum atomic E-state index is -0.546. The van der Waals surface area contributed by atoms with Crippen LogP contribution < -0.4 is 16.2 Å². The largest absolute Gasteiger partial charge is 0.319 e. The molecule has 0 saturated heterocycles. The number of nitrogens with zero attached hydrogens (tertiary/aromatic N) is 4. The topological polar surface area (TPSA) is 111 Å². The predicted octanol–water partition coefficient (Wildman–Crippen LogP) is 3.71. The van der Waals surface area contributed by atoms with Gasteiger partial charge in [-0.3, -0.25) is 24.4 Å². The van der Waals surface area contributed by atoms with E-state index in [1.807, 2.05) is 36.4 Å². The maximum absolute atomic E-state index is 13.0. The fraction of sp³-hybridized carbons (Fsp3) is 0.174. The van der Waals surface area contributed by atoms with Crippen LogP contribution in [0.5, 0.6) is 0 Å². The number of amides is 2. The van der Waals surface area contributed by atoms with Gasteiger partial charge in [0.1, 0.15) is 5.69 Å². The molecule has 0 saturated carbocycles. The van der Waals surface area contributed by atoms with Crippen LogP contribution in [0.4, 0.5) is 10.8 Å². The summed E-state index contributed by atoms with van der Waals surface area (Å²) in [6.45, 7) is 3.50. The van der Waals surface area contributed by atoms with E-state index in [0.717, 1.165) is 0 Å². The summed E-state index contributed by atoms with van der Waals surface area (Å²) < 4.78 is 3.74. The van der Waals surface area contributed by atoms with Crippen molar-refractivity contribution in [2.45, 2.75) is 23.4 Å². The van der Waals surface area contributed by atoms with E-state index in [9.17, 15) is 14.4 Å². The first-order valence-corrected chi connectivity index (χ1v) is 12.1. The van der Waals surface area contributed by atoms with Crippen LogP contribution in [0.15, 0.2) is 69.8 Å². The van der Waals surface area contributed by atoms with Gasteiger partial charge in [-0.15, -0.1) is 10.2 Å². The molecule has 0 aliphatic carbocycles. The van der Waals surface area contributed by atoms with Crippen LogP contribution in [0.1, 0.15) is 23.0 Å². The van der Waals surface area contributed by atoms with E-state index in [0.29, 0.717) is 26.4 Å². The molecule has 11 heteroatoms. The third-order valence-corrected chi connectivity index (χ3v) is 7.14. The number of carbonyl (C=O) groups is 2. The Bertz CT molecular complexity index is 1380. The summed E-state index contributed by atoms with van der Waals surface area (Å²) in [6, 6.07) is 18.0. The maximum Gasteiger partial charge on any atom is 0.295 e. The Morgan fingerprint density at radius 2 is 1.65 bits per heavy atom. The number of para-hydroxylation sites is 1. The van der Waals surface area contributed by atoms with Crippen LogP contribution in [-0.2, 0) is 11.8 Å². The Labute approximate surface area is 203 Å². The number of aromatic nitrogens is 4. The Morgan fingerprint density at radius 1 is 1.00 bits per heavy atom. The second-order valence-corrected chi connectivity index (χ2v) is 9.94. The van der Waals surface area contributed by atoms with Gasteiger partial charge in [0.15, 0.2) is 4.34 Å². The summed E-state index contributed by atoms with van der Waals surface area (Å²) in [5.74, 6) is -0.616. The van der Waals surface area contributed by atoms with Crippen molar-refractivity contribution in [2.75, 3.05) is 10.6 Å². The minimum Gasteiger partial charge on any atom is -0.319 e. The number of carbonyl (C=O) groups excluding carboxylic acids is 2. The number of rotatable bonds is 7. The van der Waals surface area contributed by atoms with Gasteiger partial charge < -0.3 is 5.32 Å². The van der Waals surface area contributed by atoms with Gasteiger partial charge in [0, 0.05) is 12.6 Å². The van der Waals surface area contributed by atoms with E-state index in [1.165, 1.54) is 27.8 Å². The molecule has 34 heavy (non-hydrogen) atoms. The van der Waals surface area contributed by atoms with Gasteiger partial charge in [0.25, 0.3) is 11.5 Å². The molecule has 0 spiro atoms. The fourth-order valence-corrected chi connectivity index (χ4v) is 5.10. The third kappa shape index (κ3) is 4.95. The van der Waals surface area contributed by atoms with Crippen LogP contribution in [0.2, 0.25) is 0 Å². The zero-order valence-corrected chi connectivity index (χ0v) is 20.3. The molecule has 2 N–H and O–H groups in total. The molecule has 2 heterocycles. The van der Waals surface area contributed by atoms with Gasteiger partial charge in [-0.25, -0.2) is 4.68 Å². The quantitative estimate of drug-likeness (QED) is 0.299. The molecule has 4 aromatic rings. The lowest BCUT2D eigenvalue weighted by atomic mass is 10.2. The van der Waals surface area contributed by atoms with Gasteiger partial charge in [0.2, 0.25) is 11.0 Å². The first kappa shape index (κ1) is 23.5. The van der Waals surface area contributed by atoms with Crippen LogP contribution >= 0.6 is 23.1 Å². The zero-order valence-electron chi connectivity index (χ0n) is 18.7. The first-order chi connectivity index (χ1) is 16.3. The molecule has 2 aromatic heterocycles. The molecular weight excluding hydrogens is 472 g/mol. The highest BCUT2D eigenvalue weighted by Crippen LogP contribution is 2.29. The predicted molar refractivity (Wildman–Crippen MR) is 134 cm³/mol. The molecule has 0 bridgehead atoms. The Kier molecular flexibility index (Phi) is 6.94. The van der Waals surface area contributed by atoms with Crippen molar-refractivity contribution >= 4 is 45.7 Å². The third-order valence-electron chi connectivity index (χ3n) is 5.11. The van der Waals surface area contributed by atoms with Crippen molar-refractivity contribution in [3.63, 3.8) is 0 Å². The van der Waals surface area contributed by atoms with Gasteiger partial charge in [0.05, 0.1) is 16.6 Å². The maximum atomic E-state index is 13.0. The van der Waals surface area contributed by atoms with Gasteiger partial charge >= 0.3 is 0 Å². The summed E-state index contributed by atoms with van der Waals surface area (Å²) in [7, 11) is 1.77. The van der Waals surface area contributed by atoms with Gasteiger partial charge in [-0.05, 0) is 38.1 Å². The lowest BCUT2D eigenvalue weighted by molar-refractivity contribution is -0.115. The summed E-state index contributed by atoms with van der Waals surface area (Å²) in [5, 5.41) is 13.3. The highest BCUT2D eigenvalue weighted by Gasteiger charge is 2.23. The first-order valence-electron chi connectivity index (χ1n) is 10.4. The van der Waals surface area contributed by atoms with E-state index in [1.54, 1.807) is 49.8 Å². The molecule has 1 unspecified atom stereocenters. The summed E-state index contributed by atoms with van der Waals surface area (Å²) >= 11 is 2.38. The normalized spacial score (nSPS) is 11.7. The molecule has 0 aliphatic heterocycles. The lowest BCUT2D eigenvalue weighted by Crippen LogP contribution is -2.27. The lowest BCUT2D eigenvalue weighted by Gasteiger charge is -2.09. The van der Waals surface area contributed by atoms with Gasteiger partial charge in [-0.2, -0.15) is 0 Å².